The van der Waals surface area contributed by atoms with Crippen molar-refractivity contribution in [2.24, 2.45) is 0 Å². The Labute approximate surface area is 133 Å². The van der Waals surface area contributed by atoms with Crippen molar-refractivity contribution >= 4 is 0 Å². The molecule has 3 heterocycles. The molecule has 2 fully saturated rings. The van der Waals surface area contributed by atoms with E-state index in [4.69, 9.17) is 9.72 Å². The van der Waals surface area contributed by atoms with E-state index in [0.29, 0.717) is 17.9 Å². The summed E-state index contributed by atoms with van der Waals surface area (Å²) in [5, 5.41) is 9.56. The molecule has 2 aliphatic rings. The highest BCUT2D eigenvalue weighted by Crippen LogP contribution is 2.30. The fourth-order valence-corrected chi connectivity index (χ4v) is 3.63. The molecule has 0 radical (unpaired) electrons. The lowest BCUT2D eigenvalue weighted by molar-refractivity contribution is 0.151. The molecule has 122 valence electrons. The molecule has 2 atom stereocenters. The molecule has 1 aromatic rings. The van der Waals surface area contributed by atoms with Gasteiger partial charge in [-0.25, -0.2) is 0 Å². The van der Waals surface area contributed by atoms with Crippen LogP contribution in [0.1, 0.15) is 61.9 Å². The maximum absolute atomic E-state index is 9.56. The number of likely N-dealkylation sites (tertiary alicyclic amines) is 1. The summed E-state index contributed by atoms with van der Waals surface area (Å²) in [6, 6.07) is 4.74. The van der Waals surface area contributed by atoms with Gasteiger partial charge >= 0.3 is 0 Å². The third kappa shape index (κ3) is 3.34. The summed E-state index contributed by atoms with van der Waals surface area (Å²) in [4.78, 5) is 7.36. The van der Waals surface area contributed by atoms with Gasteiger partial charge in [-0.15, -0.1) is 0 Å². The number of aromatic nitrogens is 1. The van der Waals surface area contributed by atoms with Gasteiger partial charge in [0.15, 0.2) is 0 Å². The summed E-state index contributed by atoms with van der Waals surface area (Å²) >= 11 is 0. The van der Waals surface area contributed by atoms with E-state index in [-0.39, 0.29) is 6.61 Å². The van der Waals surface area contributed by atoms with Crippen LogP contribution in [0.25, 0.3) is 0 Å². The zero-order valence-electron chi connectivity index (χ0n) is 13.8. The highest BCUT2D eigenvalue weighted by atomic mass is 16.5. The minimum absolute atomic E-state index is 0.256. The van der Waals surface area contributed by atoms with Gasteiger partial charge in [0.05, 0.1) is 18.9 Å². The third-order valence-corrected chi connectivity index (χ3v) is 5.05. The molecule has 0 spiro atoms. The number of aliphatic hydroxyl groups is 1. The van der Waals surface area contributed by atoms with Gasteiger partial charge in [0.2, 0.25) is 0 Å². The Hall–Kier alpha value is -0.970. The number of pyridine rings is 1. The van der Waals surface area contributed by atoms with Gasteiger partial charge in [0, 0.05) is 30.8 Å². The average Bonchev–Trinajstić information content (AvgIpc) is 3.18. The van der Waals surface area contributed by atoms with Crippen molar-refractivity contribution in [2.75, 3.05) is 26.4 Å². The minimum atomic E-state index is 0.256. The molecular formula is C18H28N2O2. The van der Waals surface area contributed by atoms with Crippen molar-refractivity contribution in [3.8, 4) is 0 Å². The first-order valence-corrected chi connectivity index (χ1v) is 8.61. The summed E-state index contributed by atoms with van der Waals surface area (Å²) in [5.41, 5.74) is 3.71. The van der Waals surface area contributed by atoms with E-state index in [1.165, 1.54) is 17.7 Å². The molecule has 4 heteroatoms. The Bertz CT molecular complexity index is 498. The second kappa shape index (κ2) is 7.07. The summed E-state index contributed by atoms with van der Waals surface area (Å²) in [6.07, 6.45) is 3.37. The highest BCUT2D eigenvalue weighted by Gasteiger charge is 2.27. The van der Waals surface area contributed by atoms with Crippen molar-refractivity contribution < 1.29 is 9.84 Å². The summed E-state index contributed by atoms with van der Waals surface area (Å²) in [6.45, 7) is 8.24. The number of nitrogens with zero attached hydrogens (tertiary/aromatic N) is 2. The van der Waals surface area contributed by atoms with E-state index in [2.05, 4.69) is 30.9 Å². The summed E-state index contributed by atoms with van der Waals surface area (Å²) < 4.78 is 5.58. The van der Waals surface area contributed by atoms with Gasteiger partial charge in [0.25, 0.3) is 0 Å². The third-order valence-electron chi connectivity index (χ3n) is 5.05. The molecule has 0 bridgehead atoms. The highest BCUT2D eigenvalue weighted by molar-refractivity contribution is 5.29. The fourth-order valence-electron chi connectivity index (χ4n) is 3.63. The van der Waals surface area contributed by atoms with Crippen molar-refractivity contribution in [1.29, 1.82) is 0 Å². The van der Waals surface area contributed by atoms with Gasteiger partial charge in [-0.3, -0.25) is 9.88 Å². The van der Waals surface area contributed by atoms with E-state index in [0.717, 1.165) is 44.8 Å². The topological polar surface area (TPSA) is 45.6 Å². The Morgan fingerprint density at radius 1 is 1.36 bits per heavy atom. The van der Waals surface area contributed by atoms with E-state index < -0.39 is 0 Å². The van der Waals surface area contributed by atoms with Gasteiger partial charge in [-0.1, -0.05) is 19.9 Å². The van der Waals surface area contributed by atoms with Gasteiger partial charge in [-0.2, -0.15) is 0 Å². The lowest BCUT2D eigenvalue weighted by Crippen LogP contribution is -2.32. The Balaban J connectivity index is 1.86. The lowest BCUT2D eigenvalue weighted by Gasteiger charge is -2.25. The zero-order chi connectivity index (χ0) is 15.5. The molecule has 3 rings (SSSR count). The molecule has 2 saturated heterocycles. The van der Waals surface area contributed by atoms with Crippen LogP contribution >= 0.6 is 0 Å². The van der Waals surface area contributed by atoms with E-state index >= 15 is 0 Å². The van der Waals surface area contributed by atoms with Crippen LogP contribution in [-0.4, -0.2) is 47.4 Å². The van der Waals surface area contributed by atoms with Crippen LogP contribution in [0.15, 0.2) is 12.1 Å². The van der Waals surface area contributed by atoms with Gasteiger partial charge in [-0.05, 0) is 43.4 Å². The van der Waals surface area contributed by atoms with Crippen molar-refractivity contribution in [3.63, 3.8) is 0 Å². The molecule has 0 aliphatic carbocycles. The second-order valence-electron chi connectivity index (χ2n) is 6.94. The average molecular weight is 304 g/mol. The monoisotopic (exact) mass is 304 g/mol. The molecule has 2 unspecified atom stereocenters. The second-order valence-corrected chi connectivity index (χ2v) is 6.94. The number of hydrogen-bond acceptors (Lipinski definition) is 4. The largest absolute Gasteiger partial charge is 0.395 e. The number of rotatable bonds is 5. The molecule has 1 aromatic heterocycles. The first kappa shape index (κ1) is 15.9. The Kier molecular flexibility index (Phi) is 5.11. The molecule has 0 saturated carbocycles. The van der Waals surface area contributed by atoms with Crippen LogP contribution in [0.3, 0.4) is 0 Å². The summed E-state index contributed by atoms with van der Waals surface area (Å²) in [5.74, 6) is 0.929. The molecular weight excluding hydrogens is 276 g/mol. The number of hydrogen-bond donors (Lipinski definition) is 1. The predicted octanol–water partition coefficient (Wildman–Crippen LogP) is 2.67. The van der Waals surface area contributed by atoms with Crippen LogP contribution < -0.4 is 0 Å². The van der Waals surface area contributed by atoms with Crippen LogP contribution in [0.5, 0.6) is 0 Å². The molecule has 1 N–H and O–H groups in total. The Morgan fingerprint density at radius 2 is 2.23 bits per heavy atom. The first-order chi connectivity index (χ1) is 10.7. The number of aliphatic hydroxyl groups excluding tert-OH is 1. The van der Waals surface area contributed by atoms with Crippen LogP contribution in [0, 0.1) is 0 Å². The molecule has 0 aromatic carbocycles. The van der Waals surface area contributed by atoms with Crippen molar-refractivity contribution in [2.45, 2.75) is 57.5 Å². The molecule has 0 amide bonds. The van der Waals surface area contributed by atoms with Gasteiger partial charge in [0.1, 0.15) is 0 Å². The fraction of sp³-hybridized carbons (Fsp3) is 0.722. The van der Waals surface area contributed by atoms with Crippen molar-refractivity contribution in [1.82, 2.24) is 9.88 Å². The normalized spacial score (nSPS) is 26.2. The van der Waals surface area contributed by atoms with Crippen LogP contribution in [0.2, 0.25) is 0 Å². The minimum Gasteiger partial charge on any atom is -0.395 e. The maximum Gasteiger partial charge on any atom is 0.0587 e. The van der Waals surface area contributed by atoms with Gasteiger partial charge < -0.3 is 9.84 Å². The van der Waals surface area contributed by atoms with E-state index in [1.807, 2.05) is 0 Å². The Morgan fingerprint density at radius 3 is 2.91 bits per heavy atom. The SMILES string of the molecule is CC(C)c1ccc(C2CCOC2)c(CN2CCCC2CO)n1. The lowest BCUT2D eigenvalue weighted by atomic mass is 9.95. The van der Waals surface area contributed by atoms with Crippen LogP contribution in [-0.2, 0) is 11.3 Å². The first-order valence-electron chi connectivity index (χ1n) is 8.61. The van der Waals surface area contributed by atoms with E-state index in [1.54, 1.807) is 0 Å². The summed E-state index contributed by atoms with van der Waals surface area (Å²) in [7, 11) is 0. The standard InChI is InChI=1S/C18H28N2O2/c1-13(2)17-6-5-16(14-7-9-22-12-14)18(19-17)10-20-8-3-4-15(20)11-21/h5-6,13-15,21H,3-4,7-12H2,1-2H3. The smallest absolute Gasteiger partial charge is 0.0587 e. The quantitative estimate of drug-likeness (QED) is 0.908. The molecule has 22 heavy (non-hydrogen) atoms. The molecule has 4 nitrogen and oxygen atoms in total. The van der Waals surface area contributed by atoms with Crippen molar-refractivity contribution in [3.05, 3.63) is 29.1 Å². The van der Waals surface area contributed by atoms with Crippen LogP contribution in [0.4, 0.5) is 0 Å². The molecule has 2 aliphatic heterocycles. The zero-order valence-corrected chi connectivity index (χ0v) is 13.8. The maximum atomic E-state index is 9.56. The van der Waals surface area contributed by atoms with E-state index in [9.17, 15) is 5.11 Å². The predicted molar refractivity (Wildman–Crippen MR) is 87.0 cm³/mol. The number of ether oxygens (including phenoxy) is 1.